The summed E-state index contributed by atoms with van der Waals surface area (Å²) in [7, 11) is 0. The van der Waals surface area contributed by atoms with E-state index in [1.807, 2.05) is 0 Å². The third kappa shape index (κ3) is 2.36. The molecule has 13 heavy (non-hydrogen) atoms. The average Bonchev–Trinajstić information content (AvgIpc) is 2.10. The zero-order valence-electron chi connectivity index (χ0n) is 6.59. The molecule has 0 aliphatic carbocycles. The van der Waals surface area contributed by atoms with Crippen molar-refractivity contribution in [2.24, 2.45) is 0 Å². The number of halogens is 2. The number of ketones is 1. The van der Waals surface area contributed by atoms with E-state index < -0.39 is 5.82 Å². The Balaban J connectivity index is 2.96. The molecule has 0 atom stereocenters. The van der Waals surface area contributed by atoms with E-state index in [2.05, 4.69) is 0 Å². The minimum absolute atomic E-state index is 0.114. The fourth-order valence-corrected chi connectivity index (χ4v) is 1.04. The Bertz CT molecular complexity index is 349. The maximum atomic E-state index is 12.6. The van der Waals surface area contributed by atoms with Crippen molar-refractivity contribution in [3.8, 4) is 0 Å². The van der Waals surface area contributed by atoms with Crippen LogP contribution in [0.1, 0.15) is 16.8 Å². The van der Waals surface area contributed by atoms with E-state index in [4.69, 9.17) is 11.6 Å². The average molecular weight is 201 g/mol. The molecule has 1 aromatic rings. The Labute approximate surface area is 79.3 Å². The van der Waals surface area contributed by atoms with Gasteiger partial charge in [0.05, 0.1) is 11.4 Å². The third-order valence-electron chi connectivity index (χ3n) is 1.51. The molecular weight excluding hydrogens is 195 g/mol. The number of carbonyl (C=O) groups excluding carboxylic acids is 2. The van der Waals surface area contributed by atoms with Crippen LogP contribution in [0.2, 0.25) is 5.02 Å². The van der Waals surface area contributed by atoms with Crippen LogP contribution in [-0.2, 0) is 4.79 Å². The van der Waals surface area contributed by atoms with Crippen LogP contribution in [0.4, 0.5) is 4.39 Å². The summed E-state index contributed by atoms with van der Waals surface area (Å²) in [6.07, 6.45) is 0.293. The molecule has 1 aromatic carbocycles. The summed E-state index contributed by atoms with van der Waals surface area (Å²) in [5, 5.41) is -0.114. The zero-order valence-corrected chi connectivity index (χ0v) is 7.34. The smallest absolute Gasteiger partial charge is 0.169 e. The molecule has 1 rings (SSSR count). The normalized spacial score (nSPS) is 9.69. The lowest BCUT2D eigenvalue weighted by Gasteiger charge is -1.98. The molecule has 0 heterocycles. The van der Waals surface area contributed by atoms with Crippen molar-refractivity contribution in [3.05, 3.63) is 34.6 Å². The van der Waals surface area contributed by atoms with Crippen LogP contribution in [0.25, 0.3) is 0 Å². The number of aldehydes is 1. The summed E-state index contributed by atoms with van der Waals surface area (Å²) in [5.74, 6) is -0.943. The standard InChI is InChI=1S/C9H6ClFO2/c10-7-5-6(1-2-8(7)11)9(13)3-4-12/h1-2,4-5H,3H2. The zero-order chi connectivity index (χ0) is 9.84. The molecule has 0 bridgehead atoms. The molecule has 0 unspecified atom stereocenters. The van der Waals surface area contributed by atoms with Gasteiger partial charge in [0.25, 0.3) is 0 Å². The second-order valence-corrected chi connectivity index (χ2v) is 2.83. The molecule has 0 aromatic heterocycles. The highest BCUT2D eigenvalue weighted by molar-refractivity contribution is 6.31. The van der Waals surface area contributed by atoms with Gasteiger partial charge in [0.15, 0.2) is 5.78 Å². The van der Waals surface area contributed by atoms with E-state index in [1.54, 1.807) is 0 Å². The van der Waals surface area contributed by atoms with Crippen molar-refractivity contribution in [2.45, 2.75) is 6.42 Å². The van der Waals surface area contributed by atoms with Crippen LogP contribution in [-0.4, -0.2) is 12.1 Å². The molecule has 0 amide bonds. The van der Waals surface area contributed by atoms with Gasteiger partial charge in [-0.05, 0) is 18.2 Å². The first kappa shape index (κ1) is 9.86. The number of hydrogen-bond acceptors (Lipinski definition) is 2. The van der Waals surface area contributed by atoms with Gasteiger partial charge in [0.1, 0.15) is 12.1 Å². The maximum Gasteiger partial charge on any atom is 0.169 e. The lowest BCUT2D eigenvalue weighted by molar-refractivity contribution is -0.107. The number of carbonyl (C=O) groups is 2. The summed E-state index contributed by atoms with van der Waals surface area (Å²) in [6, 6.07) is 3.61. The van der Waals surface area contributed by atoms with E-state index in [-0.39, 0.29) is 22.8 Å². The number of rotatable bonds is 3. The summed E-state index contributed by atoms with van der Waals surface area (Å²) in [4.78, 5) is 21.1. The molecule has 0 saturated carbocycles. The third-order valence-corrected chi connectivity index (χ3v) is 1.80. The molecule has 0 radical (unpaired) electrons. The van der Waals surface area contributed by atoms with E-state index in [0.717, 1.165) is 6.07 Å². The second kappa shape index (κ2) is 4.14. The summed E-state index contributed by atoms with van der Waals surface area (Å²) >= 11 is 5.44. The minimum Gasteiger partial charge on any atom is -0.303 e. The van der Waals surface area contributed by atoms with Gasteiger partial charge in [-0.2, -0.15) is 0 Å². The Morgan fingerprint density at radius 1 is 1.54 bits per heavy atom. The van der Waals surface area contributed by atoms with E-state index in [0.29, 0.717) is 6.29 Å². The van der Waals surface area contributed by atoms with Gasteiger partial charge in [0, 0.05) is 5.56 Å². The first-order valence-corrected chi connectivity index (χ1v) is 3.95. The highest BCUT2D eigenvalue weighted by Gasteiger charge is 2.07. The highest BCUT2D eigenvalue weighted by atomic mass is 35.5. The van der Waals surface area contributed by atoms with Gasteiger partial charge in [-0.1, -0.05) is 11.6 Å². The van der Waals surface area contributed by atoms with Crippen molar-refractivity contribution >= 4 is 23.7 Å². The molecule has 0 aliphatic rings. The first-order chi connectivity index (χ1) is 6.15. The summed E-state index contributed by atoms with van der Waals surface area (Å²) in [6.45, 7) is 0. The fraction of sp³-hybridized carbons (Fsp3) is 0.111. The van der Waals surface area contributed by atoms with Crippen LogP contribution >= 0.6 is 11.6 Å². The van der Waals surface area contributed by atoms with Gasteiger partial charge >= 0.3 is 0 Å². The molecule has 4 heteroatoms. The molecule has 2 nitrogen and oxygen atoms in total. The van der Waals surface area contributed by atoms with Crippen LogP contribution in [0.3, 0.4) is 0 Å². The quantitative estimate of drug-likeness (QED) is 0.426. The fourth-order valence-electron chi connectivity index (χ4n) is 0.863. The largest absolute Gasteiger partial charge is 0.303 e. The minimum atomic E-state index is -0.579. The van der Waals surface area contributed by atoms with Crippen LogP contribution in [0, 0.1) is 5.82 Å². The first-order valence-electron chi connectivity index (χ1n) is 3.57. The molecule has 0 spiro atoms. The second-order valence-electron chi connectivity index (χ2n) is 2.42. The predicted molar refractivity (Wildman–Crippen MR) is 46.4 cm³/mol. The van der Waals surface area contributed by atoms with Gasteiger partial charge in [-0.15, -0.1) is 0 Å². The van der Waals surface area contributed by atoms with Crippen molar-refractivity contribution in [3.63, 3.8) is 0 Å². The highest BCUT2D eigenvalue weighted by Crippen LogP contribution is 2.16. The van der Waals surface area contributed by atoms with E-state index in [9.17, 15) is 14.0 Å². The predicted octanol–water partition coefficient (Wildman–Crippen LogP) is 2.25. The molecule has 0 fully saturated rings. The molecule has 0 aliphatic heterocycles. The van der Waals surface area contributed by atoms with Gasteiger partial charge in [0.2, 0.25) is 0 Å². The monoisotopic (exact) mass is 200 g/mol. The van der Waals surface area contributed by atoms with Crippen molar-refractivity contribution < 1.29 is 14.0 Å². The van der Waals surface area contributed by atoms with Crippen LogP contribution in [0.5, 0.6) is 0 Å². The molecule has 68 valence electrons. The summed E-state index contributed by atoms with van der Waals surface area (Å²) < 4.78 is 12.6. The summed E-state index contributed by atoms with van der Waals surface area (Å²) in [5.41, 5.74) is 0.249. The Kier molecular flexibility index (Phi) is 3.14. The Hall–Kier alpha value is -1.22. The number of benzene rings is 1. The Morgan fingerprint density at radius 2 is 2.23 bits per heavy atom. The lowest BCUT2D eigenvalue weighted by Crippen LogP contribution is -1.99. The van der Waals surface area contributed by atoms with Gasteiger partial charge < -0.3 is 4.79 Å². The molecular formula is C9H6ClFO2. The van der Waals surface area contributed by atoms with Crippen molar-refractivity contribution in [2.75, 3.05) is 0 Å². The molecule has 0 saturated heterocycles. The van der Waals surface area contributed by atoms with Gasteiger partial charge in [-0.3, -0.25) is 4.79 Å². The van der Waals surface area contributed by atoms with E-state index in [1.165, 1.54) is 12.1 Å². The molecule has 0 N–H and O–H groups in total. The number of hydrogen-bond donors (Lipinski definition) is 0. The van der Waals surface area contributed by atoms with Crippen LogP contribution < -0.4 is 0 Å². The van der Waals surface area contributed by atoms with Crippen LogP contribution in [0.15, 0.2) is 18.2 Å². The SMILES string of the molecule is O=CCC(=O)c1ccc(F)c(Cl)c1. The Morgan fingerprint density at radius 3 is 2.77 bits per heavy atom. The topological polar surface area (TPSA) is 34.1 Å². The van der Waals surface area contributed by atoms with Crippen molar-refractivity contribution in [1.82, 2.24) is 0 Å². The maximum absolute atomic E-state index is 12.6. The number of Topliss-reactive ketones (excluding diaryl/α,β-unsaturated/α-hetero) is 1. The van der Waals surface area contributed by atoms with E-state index >= 15 is 0 Å². The van der Waals surface area contributed by atoms with Gasteiger partial charge in [-0.25, -0.2) is 4.39 Å². The van der Waals surface area contributed by atoms with Crippen molar-refractivity contribution in [1.29, 1.82) is 0 Å². The lowest BCUT2D eigenvalue weighted by atomic mass is 10.1.